The monoisotopic (exact) mass is 278 g/mol. The Hall–Kier alpha value is -2.11. The summed E-state index contributed by atoms with van der Waals surface area (Å²) < 4.78 is 5.08. The minimum atomic E-state index is -1.17. The van der Waals surface area contributed by atoms with E-state index in [2.05, 4.69) is 4.98 Å². The van der Waals surface area contributed by atoms with Crippen LogP contribution >= 0.6 is 0 Å². The van der Waals surface area contributed by atoms with Gasteiger partial charge in [-0.2, -0.15) is 0 Å². The molecule has 6 heteroatoms. The third-order valence-electron chi connectivity index (χ3n) is 3.79. The van der Waals surface area contributed by atoms with E-state index in [1.54, 1.807) is 19.1 Å². The zero-order chi connectivity index (χ0) is 14.8. The highest BCUT2D eigenvalue weighted by Crippen LogP contribution is 2.31. The van der Waals surface area contributed by atoms with E-state index < -0.39 is 11.5 Å². The van der Waals surface area contributed by atoms with Gasteiger partial charge in [0.1, 0.15) is 11.1 Å². The molecule has 20 heavy (non-hydrogen) atoms. The van der Waals surface area contributed by atoms with Crippen LogP contribution in [-0.2, 0) is 4.79 Å². The molecule has 0 radical (unpaired) electrons. The fourth-order valence-electron chi connectivity index (χ4n) is 2.53. The molecule has 1 aromatic rings. The van der Waals surface area contributed by atoms with Crippen molar-refractivity contribution in [2.45, 2.75) is 31.7 Å². The van der Waals surface area contributed by atoms with E-state index in [1.807, 2.05) is 0 Å². The largest absolute Gasteiger partial charge is 0.480 e. The summed E-state index contributed by atoms with van der Waals surface area (Å²) >= 11 is 0. The molecule has 2 heterocycles. The molecular weight excluding hydrogens is 260 g/mol. The van der Waals surface area contributed by atoms with Crippen LogP contribution in [0.1, 0.15) is 36.5 Å². The van der Waals surface area contributed by atoms with Crippen LogP contribution in [0, 0.1) is 0 Å². The number of ether oxygens (including phenoxy) is 1. The van der Waals surface area contributed by atoms with Crippen LogP contribution in [0.15, 0.2) is 18.3 Å². The van der Waals surface area contributed by atoms with Gasteiger partial charge in [0.25, 0.3) is 5.91 Å². The number of pyridine rings is 1. The molecule has 0 aromatic carbocycles. The highest BCUT2D eigenvalue weighted by atomic mass is 16.5. The first-order valence-corrected chi connectivity index (χ1v) is 6.55. The summed E-state index contributed by atoms with van der Waals surface area (Å²) in [5.41, 5.74) is -0.875. The zero-order valence-electron chi connectivity index (χ0n) is 11.6. The van der Waals surface area contributed by atoms with Gasteiger partial charge in [0.15, 0.2) is 0 Å². The Bertz CT molecular complexity index is 532. The Balaban J connectivity index is 2.38. The second-order valence-corrected chi connectivity index (χ2v) is 5.05. The number of hydrogen-bond donors (Lipinski definition) is 1. The van der Waals surface area contributed by atoms with Crippen molar-refractivity contribution >= 4 is 11.9 Å². The number of amides is 1. The smallest absolute Gasteiger partial charge is 0.329 e. The van der Waals surface area contributed by atoms with Crippen LogP contribution in [0.2, 0.25) is 0 Å². The van der Waals surface area contributed by atoms with E-state index in [-0.39, 0.29) is 11.8 Å². The van der Waals surface area contributed by atoms with Crippen molar-refractivity contribution in [1.29, 1.82) is 0 Å². The molecule has 1 saturated heterocycles. The number of carboxylic acid groups (broad SMARTS) is 1. The summed E-state index contributed by atoms with van der Waals surface area (Å²) in [6.07, 6.45) is 3.59. The van der Waals surface area contributed by atoms with Gasteiger partial charge < -0.3 is 14.7 Å². The normalized spacial score (nSPS) is 22.4. The van der Waals surface area contributed by atoms with Crippen molar-refractivity contribution in [2.24, 2.45) is 0 Å². The molecule has 108 valence electrons. The first kappa shape index (κ1) is 14.3. The van der Waals surface area contributed by atoms with Crippen molar-refractivity contribution in [3.63, 3.8) is 0 Å². The maximum atomic E-state index is 12.6. The average Bonchev–Trinajstić information content (AvgIpc) is 2.47. The van der Waals surface area contributed by atoms with Crippen LogP contribution in [-0.4, -0.2) is 46.1 Å². The Labute approximate surface area is 117 Å². The second-order valence-electron chi connectivity index (χ2n) is 5.05. The number of methoxy groups -OCH3 is 1. The highest BCUT2D eigenvalue weighted by molar-refractivity contribution is 5.99. The predicted octanol–water partition coefficient (Wildman–Crippen LogP) is 1.56. The van der Waals surface area contributed by atoms with Gasteiger partial charge in [-0.15, -0.1) is 0 Å². The molecule has 1 fully saturated rings. The average molecular weight is 278 g/mol. The number of rotatable bonds is 3. The Morgan fingerprint density at radius 3 is 2.85 bits per heavy atom. The van der Waals surface area contributed by atoms with E-state index in [9.17, 15) is 14.7 Å². The number of carbonyl (C=O) groups is 2. The Kier molecular flexibility index (Phi) is 3.92. The number of carboxylic acids is 1. The Morgan fingerprint density at radius 1 is 1.45 bits per heavy atom. The van der Waals surface area contributed by atoms with Crippen LogP contribution in [0.5, 0.6) is 5.88 Å². The summed E-state index contributed by atoms with van der Waals surface area (Å²) in [6.45, 7) is 2.02. The molecule has 0 spiro atoms. The van der Waals surface area contributed by atoms with Gasteiger partial charge in [-0.05, 0) is 38.3 Å². The first-order valence-electron chi connectivity index (χ1n) is 6.55. The van der Waals surface area contributed by atoms with Gasteiger partial charge >= 0.3 is 5.97 Å². The molecule has 0 aliphatic carbocycles. The van der Waals surface area contributed by atoms with Crippen molar-refractivity contribution in [3.05, 3.63) is 23.9 Å². The Morgan fingerprint density at radius 2 is 2.20 bits per heavy atom. The number of aliphatic carboxylic acids is 1. The van der Waals surface area contributed by atoms with Gasteiger partial charge in [-0.1, -0.05) is 0 Å². The zero-order valence-corrected chi connectivity index (χ0v) is 11.6. The van der Waals surface area contributed by atoms with Crippen LogP contribution in [0.25, 0.3) is 0 Å². The van der Waals surface area contributed by atoms with Crippen molar-refractivity contribution in [1.82, 2.24) is 9.88 Å². The van der Waals surface area contributed by atoms with E-state index in [0.29, 0.717) is 18.5 Å². The fourth-order valence-corrected chi connectivity index (χ4v) is 2.53. The van der Waals surface area contributed by atoms with Gasteiger partial charge in [0, 0.05) is 12.7 Å². The molecule has 0 bridgehead atoms. The maximum Gasteiger partial charge on any atom is 0.329 e. The summed E-state index contributed by atoms with van der Waals surface area (Å²) in [5.74, 6) is -1.11. The molecular formula is C14H18N2O4. The summed E-state index contributed by atoms with van der Waals surface area (Å²) in [6, 6.07) is 3.24. The quantitative estimate of drug-likeness (QED) is 0.907. The van der Waals surface area contributed by atoms with Gasteiger partial charge in [-0.25, -0.2) is 9.78 Å². The third-order valence-corrected chi connectivity index (χ3v) is 3.79. The minimum Gasteiger partial charge on any atom is -0.480 e. The second kappa shape index (κ2) is 5.48. The molecule has 1 amide bonds. The lowest BCUT2D eigenvalue weighted by Crippen LogP contribution is -2.57. The van der Waals surface area contributed by atoms with E-state index in [1.165, 1.54) is 18.2 Å². The van der Waals surface area contributed by atoms with Crippen LogP contribution < -0.4 is 4.74 Å². The van der Waals surface area contributed by atoms with Crippen molar-refractivity contribution in [3.8, 4) is 5.88 Å². The lowest BCUT2D eigenvalue weighted by Gasteiger charge is -2.41. The van der Waals surface area contributed by atoms with Crippen LogP contribution in [0.4, 0.5) is 0 Å². The number of carbonyl (C=O) groups excluding carboxylic acids is 1. The van der Waals surface area contributed by atoms with Crippen LogP contribution in [0.3, 0.4) is 0 Å². The lowest BCUT2D eigenvalue weighted by molar-refractivity contribution is -0.150. The molecule has 1 aliphatic rings. The lowest BCUT2D eigenvalue weighted by atomic mass is 9.88. The fraction of sp³-hybridized carbons (Fsp3) is 0.500. The molecule has 1 aromatic heterocycles. The number of likely N-dealkylation sites (tertiary alicyclic amines) is 1. The number of hydrogen-bond acceptors (Lipinski definition) is 4. The standard InChI is InChI=1S/C14H18N2O4/c1-14(13(18)19)7-3-4-9-16(14)12(17)10-6-5-8-15-11(10)20-2/h5-6,8H,3-4,7,9H2,1-2H3,(H,18,19). The topological polar surface area (TPSA) is 79.7 Å². The molecule has 6 nitrogen and oxygen atoms in total. The van der Waals surface area contributed by atoms with Gasteiger partial charge in [0.2, 0.25) is 5.88 Å². The molecule has 1 N–H and O–H groups in total. The minimum absolute atomic E-state index is 0.218. The summed E-state index contributed by atoms with van der Waals surface area (Å²) in [4.78, 5) is 29.6. The first-order chi connectivity index (χ1) is 9.50. The van der Waals surface area contributed by atoms with Gasteiger partial charge in [-0.3, -0.25) is 4.79 Å². The number of piperidine rings is 1. The summed E-state index contributed by atoms with van der Waals surface area (Å²) in [7, 11) is 1.44. The molecule has 1 unspecified atom stereocenters. The number of nitrogens with zero attached hydrogens (tertiary/aromatic N) is 2. The number of aromatic nitrogens is 1. The molecule has 0 saturated carbocycles. The van der Waals surface area contributed by atoms with Gasteiger partial charge in [0.05, 0.1) is 7.11 Å². The third kappa shape index (κ3) is 2.33. The van der Waals surface area contributed by atoms with Crippen molar-refractivity contribution < 1.29 is 19.4 Å². The van der Waals surface area contributed by atoms with Crippen molar-refractivity contribution in [2.75, 3.05) is 13.7 Å². The van der Waals surface area contributed by atoms with E-state index >= 15 is 0 Å². The van der Waals surface area contributed by atoms with E-state index in [0.717, 1.165) is 12.8 Å². The SMILES string of the molecule is COc1ncccc1C(=O)N1CCCCC1(C)C(=O)O. The highest BCUT2D eigenvalue weighted by Gasteiger charge is 2.44. The molecule has 1 aliphatic heterocycles. The molecule has 2 rings (SSSR count). The summed E-state index contributed by atoms with van der Waals surface area (Å²) in [5, 5.41) is 9.45. The van der Waals surface area contributed by atoms with E-state index in [4.69, 9.17) is 4.74 Å². The maximum absolute atomic E-state index is 12.6. The predicted molar refractivity (Wildman–Crippen MR) is 71.7 cm³/mol. The molecule has 1 atom stereocenters.